The van der Waals surface area contributed by atoms with Crippen molar-refractivity contribution in [3.05, 3.63) is 107 Å². The molecule has 2 heterocycles. The second-order valence-electron chi connectivity index (χ2n) is 9.04. The number of hydrogen-bond donors (Lipinski definition) is 0. The first-order chi connectivity index (χ1) is 18.1. The van der Waals surface area contributed by atoms with Crippen molar-refractivity contribution in [1.82, 2.24) is 4.98 Å². The summed E-state index contributed by atoms with van der Waals surface area (Å²) in [7, 11) is 0. The van der Waals surface area contributed by atoms with E-state index >= 15 is 0 Å². The van der Waals surface area contributed by atoms with Crippen molar-refractivity contribution in [1.29, 1.82) is 0 Å². The van der Waals surface area contributed by atoms with Gasteiger partial charge in [-0.15, -0.1) is 6.58 Å². The minimum absolute atomic E-state index is 0.208. The fourth-order valence-electron chi connectivity index (χ4n) is 4.32. The fourth-order valence-corrected chi connectivity index (χ4v) is 4.32. The van der Waals surface area contributed by atoms with Crippen LogP contribution in [0.4, 0.5) is 0 Å². The molecule has 1 unspecified atom stereocenters. The van der Waals surface area contributed by atoms with E-state index < -0.39 is 5.92 Å². The van der Waals surface area contributed by atoms with Gasteiger partial charge < -0.3 is 14.2 Å². The Morgan fingerprint density at radius 2 is 1.78 bits per heavy atom. The average molecular weight is 500 g/mol. The molecule has 2 aromatic rings. The number of ketones is 2. The summed E-state index contributed by atoms with van der Waals surface area (Å²) in [5.41, 5.74) is 3.01. The zero-order chi connectivity index (χ0) is 26.0. The number of carbonyl (C=O) groups is 2. The number of rotatable bonds is 9. The van der Waals surface area contributed by atoms with Gasteiger partial charge in [0.1, 0.15) is 11.7 Å². The second kappa shape index (κ2) is 13.1. The highest BCUT2D eigenvalue weighted by Gasteiger charge is 2.40. The summed E-state index contributed by atoms with van der Waals surface area (Å²) in [6, 6.07) is 16.3. The molecule has 0 spiro atoms. The van der Waals surface area contributed by atoms with Gasteiger partial charge in [0.25, 0.3) is 0 Å². The van der Waals surface area contributed by atoms with Crippen LogP contribution in [-0.2, 0) is 15.9 Å². The van der Waals surface area contributed by atoms with Gasteiger partial charge >= 0.3 is 0 Å². The summed E-state index contributed by atoms with van der Waals surface area (Å²) >= 11 is 0. The van der Waals surface area contributed by atoms with E-state index in [1.807, 2.05) is 61.5 Å². The van der Waals surface area contributed by atoms with Gasteiger partial charge in [0.2, 0.25) is 0 Å². The Labute approximate surface area is 218 Å². The van der Waals surface area contributed by atoms with E-state index in [1.54, 1.807) is 18.2 Å². The van der Waals surface area contributed by atoms with Gasteiger partial charge in [-0.05, 0) is 62.1 Å². The SMILES string of the molecule is C=CCC=CCc1ccc2c(c1)C(=O)C(c1ccccc(OCCC3OCCCO3)ccc(C)n1)C2=O. The second-order valence-corrected chi connectivity index (χ2v) is 9.04. The van der Waals surface area contributed by atoms with Crippen molar-refractivity contribution < 1.29 is 23.8 Å². The summed E-state index contributed by atoms with van der Waals surface area (Å²) in [6.07, 6.45) is 8.73. The normalized spacial score (nSPS) is 17.5. The van der Waals surface area contributed by atoms with E-state index in [0.29, 0.717) is 60.9 Å². The Bertz CT molecular complexity index is 1230. The Morgan fingerprint density at radius 3 is 2.59 bits per heavy atom. The van der Waals surface area contributed by atoms with Crippen LogP contribution in [-0.4, -0.2) is 42.7 Å². The van der Waals surface area contributed by atoms with Gasteiger partial charge in [-0.1, -0.05) is 42.5 Å². The maximum atomic E-state index is 13.3. The van der Waals surface area contributed by atoms with Crippen LogP contribution in [0.15, 0.2) is 79.4 Å². The molecule has 37 heavy (non-hydrogen) atoms. The number of Topliss-reactive ketones (excluding diaryl/α,β-unsaturated/α-hetero) is 2. The molecule has 1 aliphatic carbocycles. The molecule has 1 fully saturated rings. The van der Waals surface area contributed by atoms with Gasteiger partial charge in [-0.25, -0.2) is 0 Å². The maximum absolute atomic E-state index is 13.3. The molecule has 0 bridgehead atoms. The Morgan fingerprint density at radius 1 is 1.00 bits per heavy atom. The predicted octanol–water partition coefficient (Wildman–Crippen LogP) is 5.88. The van der Waals surface area contributed by atoms with Crippen LogP contribution in [0.3, 0.4) is 0 Å². The molecule has 2 aliphatic rings. The minimum atomic E-state index is -0.941. The molecule has 1 aliphatic heterocycles. The first-order valence-electron chi connectivity index (χ1n) is 12.7. The number of ether oxygens (including phenoxy) is 3. The van der Waals surface area contributed by atoms with Crippen molar-refractivity contribution in [2.75, 3.05) is 19.8 Å². The van der Waals surface area contributed by atoms with Crippen molar-refractivity contribution in [3.8, 4) is 5.75 Å². The quantitative estimate of drug-likeness (QED) is 0.317. The van der Waals surface area contributed by atoms with Crippen molar-refractivity contribution in [2.24, 2.45) is 0 Å². The number of benzene rings is 1. The van der Waals surface area contributed by atoms with Crippen LogP contribution in [0.25, 0.3) is 0 Å². The Kier molecular flexibility index (Phi) is 9.35. The lowest BCUT2D eigenvalue weighted by atomic mass is 9.99. The summed E-state index contributed by atoms with van der Waals surface area (Å²) < 4.78 is 17.0. The van der Waals surface area contributed by atoms with Crippen molar-refractivity contribution >= 4 is 11.6 Å². The zero-order valence-corrected chi connectivity index (χ0v) is 21.2. The average Bonchev–Trinajstić information content (AvgIpc) is 3.16. The number of fused-ring (bicyclic) bond motifs is 1. The lowest BCUT2D eigenvalue weighted by Gasteiger charge is -2.22. The highest BCUT2D eigenvalue weighted by molar-refractivity contribution is 6.29. The number of hydrogen-bond acceptors (Lipinski definition) is 6. The third-order valence-electron chi connectivity index (χ3n) is 6.21. The van der Waals surface area contributed by atoms with Crippen molar-refractivity contribution in [3.63, 3.8) is 0 Å². The van der Waals surface area contributed by atoms with Crippen LogP contribution in [0.2, 0.25) is 0 Å². The topological polar surface area (TPSA) is 74.7 Å². The number of nitrogens with zero attached hydrogens (tertiary/aromatic N) is 1. The first kappa shape index (κ1) is 26.5. The van der Waals surface area contributed by atoms with Gasteiger partial charge in [-0.2, -0.15) is 0 Å². The van der Waals surface area contributed by atoms with Crippen LogP contribution in [0.1, 0.15) is 62.8 Å². The molecule has 0 saturated carbocycles. The third-order valence-corrected chi connectivity index (χ3v) is 6.21. The van der Waals surface area contributed by atoms with Crippen LogP contribution < -0.4 is 4.74 Å². The van der Waals surface area contributed by atoms with Crippen LogP contribution in [0, 0.1) is 6.92 Å². The molecule has 1 saturated heterocycles. The largest absolute Gasteiger partial charge is 0.493 e. The van der Waals surface area contributed by atoms with Crippen LogP contribution in [0.5, 0.6) is 5.75 Å². The van der Waals surface area contributed by atoms with Gasteiger partial charge in [0, 0.05) is 23.2 Å². The summed E-state index contributed by atoms with van der Waals surface area (Å²) in [5, 5.41) is 0. The number of allylic oxidation sites excluding steroid dienone is 3. The fraction of sp³-hybridized carbons (Fsp3) is 0.323. The smallest absolute Gasteiger partial charge is 0.180 e. The Hall–Kier alpha value is -3.61. The molecule has 192 valence electrons. The molecule has 1 aromatic carbocycles. The van der Waals surface area contributed by atoms with Gasteiger partial charge in [-0.3, -0.25) is 14.6 Å². The summed E-state index contributed by atoms with van der Waals surface area (Å²) in [6.45, 7) is 7.43. The lowest BCUT2D eigenvalue weighted by Crippen LogP contribution is -2.26. The third kappa shape index (κ3) is 7.00. The number of aromatic nitrogens is 1. The number of carbonyl (C=O) groups excluding carboxylic acids is 2. The standard InChI is InChI=1S/C31H33NO5/c1-3-4-5-6-10-23-14-16-25-26(21-23)31(34)29(30(25)33)27-12-8-7-11-24(15-13-22(2)32-27)35-20-17-28-36-18-9-19-37-28/h3,5-8,11-16,21,28-29H,1,4,9-10,17-20H2,2H3. The van der Waals surface area contributed by atoms with E-state index in [4.69, 9.17) is 14.2 Å². The molecular formula is C31H33NO5. The van der Waals surface area contributed by atoms with E-state index in [1.165, 1.54) is 0 Å². The molecule has 0 amide bonds. The van der Waals surface area contributed by atoms with Crippen molar-refractivity contribution in [2.45, 2.75) is 44.8 Å². The molecule has 1 aromatic heterocycles. The van der Waals surface area contributed by atoms with Gasteiger partial charge in [0.05, 0.1) is 25.5 Å². The van der Waals surface area contributed by atoms with Gasteiger partial charge in [0.15, 0.2) is 17.9 Å². The van der Waals surface area contributed by atoms with E-state index in [9.17, 15) is 9.59 Å². The monoisotopic (exact) mass is 499 g/mol. The first-order valence-corrected chi connectivity index (χ1v) is 12.7. The Balaban J connectivity index is 1.50. The minimum Gasteiger partial charge on any atom is -0.493 e. The highest BCUT2D eigenvalue weighted by atomic mass is 16.7. The molecule has 0 N–H and O–H groups in total. The predicted molar refractivity (Wildman–Crippen MR) is 143 cm³/mol. The lowest BCUT2D eigenvalue weighted by molar-refractivity contribution is -0.183. The molecule has 6 heteroatoms. The highest BCUT2D eigenvalue weighted by Crippen LogP contribution is 2.33. The molecule has 1 atom stereocenters. The van der Waals surface area contributed by atoms with Crippen LogP contribution >= 0.6 is 0 Å². The maximum Gasteiger partial charge on any atom is 0.180 e. The summed E-state index contributed by atoms with van der Waals surface area (Å²) in [4.78, 5) is 31.2. The summed E-state index contributed by atoms with van der Waals surface area (Å²) in [5.74, 6) is -0.684. The zero-order valence-electron chi connectivity index (χ0n) is 21.2. The number of aryl methyl sites for hydroxylation is 1. The van der Waals surface area contributed by atoms with E-state index in [2.05, 4.69) is 11.6 Å². The van der Waals surface area contributed by atoms with E-state index in [-0.39, 0.29) is 17.9 Å². The van der Waals surface area contributed by atoms with E-state index in [0.717, 1.165) is 18.4 Å². The molecular weight excluding hydrogens is 466 g/mol. The molecule has 0 radical (unpaired) electrons. The molecule has 4 rings (SSSR count). The molecule has 6 nitrogen and oxygen atoms in total.